The SMILES string of the molecule is [B]C1=CCC=CO1. The van der Waals surface area contributed by atoms with Crippen LogP contribution in [-0.2, 0) is 4.74 Å². The smallest absolute Gasteiger partial charge is 0.167 e. The average molecular weight is 91.9 g/mol. The molecule has 1 aliphatic heterocycles. The zero-order valence-electron chi connectivity index (χ0n) is 3.92. The zero-order chi connectivity index (χ0) is 5.11. The van der Waals surface area contributed by atoms with Gasteiger partial charge in [0.15, 0.2) is 7.85 Å². The van der Waals surface area contributed by atoms with E-state index in [2.05, 4.69) is 0 Å². The zero-order valence-corrected chi connectivity index (χ0v) is 3.92. The van der Waals surface area contributed by atoms with Crippen LogP contribution in [0.2, 0.25) is 0 Å². The molecule has 2 heteroatoms. The lowest BCUT2D eigenvalue weighted by Crippen LogP contribution is -1.86. The van der Waals surface area contributed by atoms with E-state index in [0.717, 1.165) is 6.42 Å². The molecule has 0 amide bonds. The molecule has 0 unspecified atom stereocenters. The van der Waals surface area contributed by atoms with Gasteiger partial charge in [0.1, 0.15) is 0 Å². The van der Waals surface area contributed by atoms with E-state index in [1.54, 1.807) is 6.26 Å². The van der Waals surface area contributed by atoms with E-state index >= 15 is 0 Å². The van der Waals surface area contributed by atoms with Crippen molar-refractivity contribution in [3.63, 3.8) is 0 Å². The number of rotatable bonds is 0. The highest BCUT2D eigenvalue weighted by molar-refractivity contribution is 6.20. The third-order valence-corrected chi connectivity index (χ3v) is 0.755. The minimum atomic E-state index is 0.502. The van der Waals surface area contributed by atoms with Crippen LogP contribution in [0.3, 0.4) is 0 Å². The Bertz CT molecular complexity index is 115. The van der Waals surface area contributed by atoms with Crippen molar-refractivity contribution in [3.8, 4) is 0 Å². The molecule has 0 aromatic heterocycles. The van der Waals surface area contributed by atoms with Crippen molar-refractivity contribution in [3.05, 3.63) is 24.1 Å². The predicted molar refractivity (Wildman–Crippen MR) is 28.7 cm³/mol. The lowest BCUT2D eigenvalue weighted by atomic mass is 10.1. The van der Waals surface area contributed by atoms with Gasteiger partial charge in [-0.2, -0.15) is 0 Å². The van der Waals surface area contributed by atoms with E-state index in [0.29, 0.717) is 5.66 Å². The fourth-order valence-corrected chi connectivity index (χ4v) is 0.415. The molecule has 1 rings (SSSR count). The number of hydrogen-bond acceptors (Lipinski definition) is 1. The van der Waals surface area contributed by atoms with Crippen LogP contribution in [0.4, 0.5) is 0 Å². The summed E-state index contributed by atoms with van der Waals surface area (Å²) in [4.78, 5) is 0. The van der Waals surface area contributed by atoms with Crippen LogP contribution in [0.15, 0.2) is 24.1 Å². The average Bonchev–Trinajstić information content (AvgIpc) is 1.69. The molecule has 34 valence electrons. The van der Waals surface area contributed by atoms with Crippen LogP contribution in [0, 0.1) is 0 Å². The van der Waals surface area contributed by atoms with Crippen LogP contribution < -0.4 is 0 Å². The van der Waals surface area contributed by atoms with Crippen LogP contribution >= 0.6 is 0 Å². The van der Waals surface area contributed by atoms with Crippen molar-refractivity contribution in [1.29, 1.82) is 0 Å². The fourth-order valence-electron chi connectivity index (χ4n) is 0.415. The van der Waals surface area contributed by atoms with Crippen molar-refractivity contribution < 1.29 is 4.74 Å². The molecular weight excluding hydrogens is 86.9 g/mol. The molecule has 0 aliphatic carbocycles. The molecule has 2 radical (unpaired) electrons. The molecule has 1 heterocycles. The van der Waals surface area contributed by atoms with E-state index in [-0.39, 0.29) is 0 Å². The van der Waals surface area contributed by atoms with E-state index < -0.39 is 0 Å². The van der Waals surface area contributed by atoms with Gasteiger partial charge in [0, 0.05) is 5.66 Å². The summed E-state index contributed by atoms with van der Waals surface area (Å²) in [5.41, 5.74) is 0.502. The predicted octanol–water partition coefficient (Wildman–Crippen LogP) is 0.930. The highest BCUT2D eigenvalue weighted by Crippen LogP contribution is 2.01. The van der Waals surface area contributed by atoms with Crippen molar-refractivity contribution in [2.45, 2.75) is 6.42 Å². The summed E-state index contributed by atoms with van der Waals surface area (Å²) in [5, 5.41) is 0. The molecule has 0 spiro atoms. The third-order valence-electron chi connectivity index (χ3n) is 0.755. The van der Waals surface area contributed by atoms with Crippen molar-refractivity contribution >= 4 is 7.85 Å². The first-order valence-electron chi connectivity index (χ1n) is 2.17. The Morgan fingerprint density at radius 3 is 2.86 bits per heavy atom. The van der Waals surface area contributed by atoms with E-state index in [4.69, 9.17) is 12.6 Å². The Hall–Kier alpha value is -0.655. The van der Waals surface area contributed by atoms with E-state index in [9.17, 15) is 0 Å². The minimum Gasteiger partial charge on any atom is -0.482 e. The maximum atomic E-state index is 5.22. The Kier molecular flexibility index (Phi) is 1.20. The summed E-state index contributed by atoms with van der Waals surface area (Å²) in [6.45, 7) is 0. The highest BCUT2D eigenvalue weighted by Gasteiger charge is 1.87. The number of ether oxygens (including phenoxy) is 1. The van der Waals surface area contributed by atoms with Gasteiger partial charge in [0.25, 0.3) is 0 Å². The molecule has 0 atom stereocenters. The first kappa shape index (κ1) is 4.50. The Morgan fingerprint density at radius 2 is 2.57 bits per heavy atom. The quantitative estimate of drug-likeness (QED) is 0.404. The second kappa shape index (κ2) is 1.87. The lowest BCUT2D eigenvalue weighted by molar-refractivity contribution is 0.375. The summed E-state index contributed by atoms with van der Waals surface area (Å²) in [6.07, 6.45) is 6.21. The second-order valence-corrected chi connectivity index (χ2v) is 1.33. The third kappa shape index (κ3) is 1.11. The fraction of sp³-hybridized carbons (Fsp3) is 0.200. The maximum Gasteiger partial charge on any atom is 0.167 e. The van der Waals surface area contributed by atoms with Crippen LogP contribution in [0.5, 0.6) is 0 Å². The van der Waals surface area contributed by atoms with Gasteiger partial charge in [-0.25, -0.2) is 0 Å². The molecule has 0 saturated heterocycles. The highest BCUT2D eigenvalue weighted by atomic mass is 16.5. The summed E-state index contributed by atoms with van der Waals surface area (Å²) < 4.78 is 4.74. The van der Waals surface area contributed by atoms with Crippen molar-refractivity contribution in [2.24, 2.45) is 0 Å². The minimum absolute atomic E-state index is 0.502. The molecule has 0 N–H and O–H groups in total. The molecule has 0 fully saturated rings. The molecule has 0 aromatic rings. The van der Waals surface area contributed by atoms with Crippen LogP contribution in [0.1, 0.15) is 6.42 Å². The number of allylic oxidation sites excluding steroid dienone is 2. The topological polar surface area (TPSA) is 9.23 Å². The van der Waals surface area contributed by atoms with Crippen LogP contribution in [0.25, 0.3) is 0 Å². The Morgan fingerprint density at radius 1 is 1.71 bits per heavy atom. The van der Waals surface area contributed by atoms with E-state index in [1.165, 1.54) is 0 Å². The molecular formula is C5H5BO. The van der Waals surface area contributed by atoms with Gasteiger partial charge in [-0.3, -0.25) is 0 Å². The molecule has 0 bridgehead atoms. The Balaban J connectivity index is 2.50. The van der Waals surface area contributed by atoms with Gasteiger partial charge in [0.05, 0.1) is 6.26 Å². The molecule has 0 saturated carbocycles. The van der Waals surface area contributed by atoms with Gasteiger partial charge < -0.3 is 4.74 Å². The molecule has 7 heavy (non-hydrogen) atoms. The first-order valence-corrected chi connectivity index (χ1v) is 2.17. The summed E-state index contributed by atoms with van der Waals surface area (Å²) in [5.74, 6) is 0. The maximum absolute atomic E-state index is 5.22. The molecule has 1 nitrogen and oxygen atoms in total. The van der Waals surface area contributed by atoms with Crippen molar-refractivity contribution in [1.82, 2.24) is 0 Å². The van der Waals surface area contributed by atoms with Gasteiger partial charge in [-0.1, -0.05) is 6.08 Å². The normalized spacial score (nSPS) is 18.0. The van der Waals surface area contributed by atoms with Crippen molar-refractivity contribution in [2.75, 3.05) is 0 Å². The van der Waals surface area contributed by atoms with E-state index in [1.807, 2.05) is 12.2 Å². The number of hydrogen-bond donors (Lipinski definition) is 0. The lowest BCUT2D eigenvalue weighted by Gasteiger charge is -2.02. The monoisotopic (exact) mass is 92.0 g/mol. The second-order valence-electron chi connectivity index (χ2n) is 1.33. The molecule has 1 aliphatic rings. The molecule has 0 aromatic carbocycles. The Labute approximate surface area is 44.1 Å². The summed E-state index contributed by atoms with van der Waals surface area (Å²) >= 11 is 0. The van der Waals surface area contributed by atoms with Crippen LogP contribution in [-0.4, -0.2) is 7.85 Å². The standard InChI is InChI=1S/C5H5BO/c6-5-3-1-2-4-7-5/h2-4H,1H2. The van der Waals surface area contributed by atoms with Gasteiger partial charge >= 0.3 is 0 Å². The summed E-state index contributed by atoms with van der Waals surface area (Å²) in [7, 11) is 5.22. The summed E-state index contributed by atoms with van der Waals surface area (Å²) in [6, 6.07) is 0. The first-order chi connectivity index (χ1) is 3.39. The van der Waals surface area contributed by atoms with Gasteiger partial charge in [0.2, 0.25) is 0 Å². The largest absolute Gasteiger partial charge is 0.482 e. The van der Waals surface area contributed by atoms with Gasteiger partial charge in [-0.15, -0.1) is 0 Å². The van der Waals surface area contributed by atoms with Gasteiger partial charge in [-0.05, 0) is 12.5 Å².